The lowest BCUT2D eigenvalue weighted by atomic mass is 10.2. The van der Waals surface area contributed by atoms with Gasteiger partial charge in [0.15, 0.2) is 5.84 Å². The molecule has 6 heteroatoms. The largest absolute Gasteiger partial charge is 0.424 e. The van der Waals surface area contributed by atoms with Crippen molar-refractivity contribution in [1.29, 1.82) is 0 Å². The zero-order valence-corrected chi connectivity index (χ0v) is 9.74. The summed E-state index contributed by atoms with van der Waals surface area (Å²) >= 11 is 0. The first kappa shape index (κ1) is 11.8. The number of hydrogen-bond donors (Lipinski definition) is 2. The van der Waals surface area contributed by atoms with E-state index in [9.17, 15) is 0 Å². The van der Waals surface area contributed by atoms with Crippen molar-refractivity contribution >= 4 is 5.84 Å². The van der Waals surface area contributed by atoms with E-state index in [2.05, 4.69) is 15.1 Å². The summed E-state index contributed by atoms with van der Waals surface area (Å²) in [5, 5.41) is 11.4. The monoisotopic (exact) mass is 244 g/mol. The SMILES string of the molecule is Cc1ccccc1Oc1nccc(/C(N)=N/O)n1. The molecule has 1 aromatic carbocycles. The van der Waals surface area contributed by atoms with Crippen LogP contribution in [0.3, 0.4) is 0 Å². The molecular formula is C12H12N4O2. The van der Waals surface area contributed by atoms with Gasteiger partial charge in [0.1, 0.15) is 11.4 Å². The molecule has 0 spiro atoms. The van der Waals surface area contributed by atoms with E-state index in [1.165, 1.54) is 12.3 Å². The van der Waals surface area contributed by atoms with Crippen LogP contribution in [-0.4, -0.2) is 21.0 Å². The second kappa shape index (κ2) is 5.13. The number of rotatable bonds is 3. The molecule has 0 bridgehead atoms. The third-order valence-corrected chi connectivity index (χ3v) is 2.30. The Morgan fingerprint density at radius 1 is 1.33 bits per heavy atom. The third kappa shape index (κ3) is 2.54. The van der Waals surface area contributed by atoms with Crippen LogP contribution in [0.15, 0.2) is 41.7 Å². The van der Waals surface area contributed by atoms with Gasteiger partial charge < -0.3 is 15.7 Å². The lowest BCUT2D eigenvalue weighted by Gasteiger charge is -2.06. The Morgan fingerprint density at radius 3 is 2.83 bits per heavy atom. The van der Waals surface area contributed by atoms with E-state index in [1.807, 2.05) is 31.2 Å². The van der Waals surface area contributed by atoms with Gasteiger partial charge in [-0.3, -0.25) is 0 Å². The molecular weight excluding hydrogens is 232 g/mol. The molecule has 6 nitrogen and oxygen atoms in total. The maximum atomic E-state index is 8.57. The van der Waals surface area contributed by atoms with Crippen LogP contribution in [0.25, 0.3) is 0 Å². The summed E-state index contributed by atoms with van der Waals surface area (Å²) in [5.74, 6) is 0.571. The maximum absolute atomic E-state index is 8.57. The number of oxime groups is 1. The average Bonchev–Trinajstić information content (AvgIpc) is 2.41. The molecule has 92 valence electrons. The van der Waals surface area contributed by atoms with E-state index in [0.29, 0.717) is 11.4 Å². The van der Waals surface area contributed by atoms with Crippen LogP contribution in [0, 0.1) is 6.92 Å². The Morgan fingerprint density at radius 2 is 2.11 bits per heavy atom. The fourth-order valence-electron chi connectivity index (χ4n) is 1.35. The second-order valence-electron chi connectivity index (χ2n) is 3.58. The van der Waals surface area contributed by atoms with Crippen molar-refractivity contribution in [2.24, 2.45) is 10.9 Å². The molecule has 0 unspecified atom stereocenters. The molecule has 3 N–H and O–H groups in total. The Hall–Kier alpha value is -2.63. The molecule has 0 saturated heterocycles. The van der Waals surface area contributed by atoms with Crippen molar-refractivity contribution in [3.63, 3.8) is 0 Å². The molecule has 2 aromatic rings. The molecule has 0 fully saturated rings. The van der Waals surface area contributed by atoms with Gasteiger partial charge >= 0.3 is 6.01 Å². The third-order valence-electron chi connectivity index (χ3n) is 2.30. The fourth-order valence-corrected chi connectivity index (χ4v) is 1.35. The first-order valence-electron chi connectivity index (χ1n) is 5.25. The Balaban J connectivity index is 2.28. The first-order valence-corrected chi connectivity index (χ1v) is 5.25. The molecule has 0 radical (unpaired) electrons. The minimum absolute atomic E-state index is 0.0907. The van der Waals surface area contributed by atoms with Gasteiger partial charge in [-0.15, -0.1) is 0 Å². The highest BCUT2D eigenvalue weighted by Gasteiger charge is 2.06. The van der Waals surface area contributed by atoms with E-state index in [1.54, 1.807) is 0 Å². The van der Waals surface area contributed by atoms with Gasteiger partial charge in [-0.1, -0.05) is 23.4 Å². The van der Waals surface area contributed by atoms with Gasteiger partial charge in [-0.25, -0.2) is 4.98 Å². The molecule has 0 atom stereocenters. The van der Waals surface area contributed by atoms with Crippen molar-refractivity contribution in [3.05, 3.63) is 47.8 Å². The summed E-state index contributed by atoms with van der Waals surface area (Å²) < 4.78 is 5.53. The predicted octanol–water partition coefficient (Wildman–Crippen LogP) is 1.67. The van der Waals surface area contributed by atoms with Gasteiger partial charge in [0.05, 0.1) is 0 Å². The van der Waals surface area contributed by atoms with E-state index in [-0.39, 0.29) is 11.8 Å². The van der Waals surface area contributed by atoms with Crippen LogP contribution >= 0.6 is 0 Å². The van der Waals surface area contributed by atoms with Crippen LogP contribution in [0.1, 0.15) is 11.3 Å². The quantitative estimate of drug-likeness (QED) is 0.371. The number of aromatic nitrogens is 2. The molecule has 1 aromatic heterocycles. The molecule has 1 heterocycles. The fraction of sp³-hybridized carbons (Fsp3) is 0.0833. The number of hydrogen-bond acceptors (Lipinski definition) is 5. The van der Waals surface area contributed by atoms with E-state index < -0.39 is 0 Å². The van der Waals surface area contributed by atoms with Crippen LogP contribution < -0.4 is 10.5 Å². The van der Waals surface area contributed by atoms with Gasteiger partial charge in [-0.05, 0) is 24.6 Å². The molecule has 2 rings (SSSR count). The van der Waals surface area contributed by atoms with Crippen molar-refractivity contribution in [2.75, 3.05) is 0 Å². The summed E-state index contributed by atoms with van der Waals surface area (Å²) in [6, 6.07) is 9.18. The zero-order chi connectivity index (χ0) is 13.0. The average molecular weight is 244 g/mol. The number of nitrogens with two attached hydrogens (primary N) is 1. The number of para-hydroxylation sites is 1. The zero-order valence-electron chi connectivity index (χ0n) is 9.74. The van der Waals surface area contributed by atoms with Crippen molar-refractivity contribution in [1.82, 2.24) is 9.97 Å². The first-order chi connectivity index (χ1) is 8.70. The van der Waals surface area contributed by atoms with Crippen molar-refractivity contribution in [3.8, 4) is 11.8 Å². The summed E-state index contributed by atoms with van der Waals surface area (Å²) in [4.78, 5) is 8.00. The van der Waals surface area contributed by atoms with Gasteiger partial charge in [0, 0.05) is 6.20 Å². The van der Waals surface area contributed by atoms with Crippen LogP contribution in [0.4, 0.5) is 0 Å². The van der Waals surface area contributed by atoms with Crippen LogP contribution in [0.2, 0.25) is 0 Å². The van der Waals surface area contributed by atoms with Gasteiger partial charge in [0.25, 0.3) is 0 Å². The highest BCUT2D eigenvalue weighted by Crippen LogP contribution is 2.21. The van der Waals surface area contributed by atoms with Crippen LogP contribution in [0.5, 0.6) is 11.8 Å². The number of aryl methyl sites for hydroxylation is 1. The molecule has 0 aliphatic carbocycles. The van der Waals surface area contributed by atoms with Crippen molar-refractivity contribution in [2.45, 2.75) is 6.92 Å². The van der Waals surface area contributed by atoms with Gasteiger partial charge in [0.2, 0.25) is 0 Å². The van der Waals surface area contributed by atoms with Crippen molar-refractivity contribution < 1.29 is 9.94 Å². The Bertz CT molecular complexity index is 584. The minimum atomic E-state index is -0.0907. The number of ether oxygens (including phenoxy) is 1. The lowest BCUT2D eigenvalue weighted by Crippen LogP contribution is -2.15. The normalized spacial score (nSPS) is 11.3. The van der Waals surface area contributed by atoms with Crippen LogP contribution in [-0.2, 0) is 0 Å². The standard InChI is InChI=1S/C12H12N4O2/c1-8-4-2-3-5-10(8)18-12-14-7-6-9(15-12)11(13)16-17/h2-7,17H,1H3,(H2,13,16). The van der Waals surface area contributed by atoms with Gasteiger partial charge in [-0.2, -0.15) is 4.98 Å². The minimum Gasteiger partial charge on any atom is -0.424 e. The molecule has 0 aliphatic heterocycles. The molecule has 0 aliphatic rings. The maximum Gasteiger partial charge on any atom is 0.322 e. The number of benzene rings is 1. The summed E-state index contributed by atoms with van der Waals surface area (Å²) in [7, 11) is 0. The predicted molar refractivity (Wildman–Crippen MR) is 65.8 cm³/mol. The Labute approximate surface area is 104 Å². The lowest BCUT2D eigenvalue weighted by molar-refractivity contribution is 0.318. The summed E-state index contributed by atoms with van der Waals surface area (Å²) in [5.41, 5.74) is 6.71. The number of amidine groups is 1. The van der Waals surface area contributed by atoms with E-state index >= 15 is 0 Å². The highest BCUT2D eigenvalue weighted by atomic mass is 16.5. The van der Waals surface area contributed by atoms with E-state index in [0.717, 1.165) is 5.56 Å². The Kier molecular flexibility index (Phi) is 3.38. The second-order valence-corrected chi connectivity index (χ2v) is 3.58. The highest BCUT2D eigenvalue weighted by molar-refractivity contribution is 5.95. The molecule has 18 heavy (non-hydrogen) atoms. The summed E-state index contributed by atoms with van der Waals surface area (Å²) in [6.45, 7) is 1.92. The van der Waals surface area contributed by atoms with E-state index in [4.69, 9.17) is 15.7 Å². The topological polar surface area (TPSA) is 93.6 Å². The molecule has 0 saturated carbocycles. The molecule has 0 amide bonds. The smallest absolute Gasteiger partial charge is 0.322 e. The number of nitrogens with zero attached hydrogens (tertiary/aromatic N) is 3. The summed E-state index contributed by atoms with van der Waals surface area (Å²) in [6.07, 6.45) is 1.48.